The fourth-order valence-corrected chi connectivity index (χ4v) is 4.78. The van der Waals surface area contributed by atoms with Crippen molar-refractivity contribution in [3.8, 4) is 0 Å². The Labute approximate surface area is 111 Å². The van der Waals surface area contributed by atoms with E-state index in [0.29, 0.717) is 5.41 Å². The van der Waals surface area contributed by atoms with Crippen LogP contribution in [0.4, 0.5) is 0 Å². The van der Waals surface area contributed by atoms with E-state index >= 15 is 0 Å². The first-order chi connectivity index (χ1) is 8.62. The summed E-state index contributed by atoms with van der Waals surface area (Å²) in [6.07, 6.45) is 12.3. The summed E-state index contributed by atoms with van der Waals surface area (Å²) in [4.78, 5) is 0. The monoisotopic (exact) mass is 252 g/mol. The minimum Gasteiger partial charge on any atom is -0.393 e. The Morgan fingerprint density at radius 1 is 1.00 bits per heavy atom. The lowest BCUT2D eigenvalue weighted by Gasteiger charge is -2.48. The third-order valence-corrected chi connectivity index (χ3v) is 5.99. The van der Waals surface area contributed by atoms with Gasteiger partial charge in [-0.05, 0) is 56.3 Å². The van der Waals surface area contributed by atoms with E-state index in [1.54, 1.807) is 0 Å². The molecule has 3 unspecified atom stereocenters. The maximum Gasteiger partial charge on any atom is 0.0685 e. The van der Waals surface area contributed by atoms with Gasteiger partial charge in [-0.3, -0.25) is 0 Å². The fourth-order valence-electron chi connectivity index (χ4n) is 4.78. The second-order valence-corrected chi connectivity index (χ2v) is 7.33. The molecule has 0 radical (unpaired) electrons. The van der Waals surface area contributed by atoms with Crippen LogP contribution in [0.5, 0.6) is 0 Å². The Bertz CT molecular complexity index is 290. The summed E-state index contributed by atoms with van der Waals surface area (Å²) in [7, 11) is 0. The zero-order valence-electron chi connectivity index (χ0n) is 11.8. The predicted molar refractivity (Wildman–Crippen MR) is 72.5 cm³/mol. The van der Waals surface area contributed by atoms with Crippen molar-refractivity contribution in [1.29, 1.82) is 0 Å². The van der Waals surface area contributed by atoms with E-state index in [2.05, 4.69) is 6.92 Å². The lowest BCUT2D eigenvalue weighted by Crippen LogP contribution is -2.45. The molecule has 0 bridgehead atoms. The Hall–Kier alpha value is -0.0800. The molecule has 104 valence electrons. The van der Waals surface area contributed by atoms with E-state index in [4.69, 9.17) is 4.74 Å². The first-order valence-electron chi connectivity index (χ1n) is 7.94. The average molecular weight is 252 g/mol. The van der Waals surface area contributed by atoms with E-state index in [1.165, 1.54) is 51.4 Å². The molecular formula is C16H28O2. The minimum atomic E-state index is -0.0415. The lowest BCUT2D eigenvalue weighted by atomic mass is 9.65. The van der Waals surface area contributed by atoms with Crippen LogP contribution in [-0.2, 0) is 4.74 Å². The van der Waals surface area contributed by atoms with Gasteiger partial charge >= 0.3 is 0 Å². The smallest absolute Gasteiger partial charge is 0.0685 e. The standard InChI is InChI=1S/C16H28O2/c1-15(9-5-14(17)12-15)13-6-10-18-16(11-13)7-3-2-4-8-16/h13-14,17H,2-12H2,1H3. The molecule has 2 heteroatoms. The molecule has 3 fully saturated rings. The highest BCUT2D eigenvalue weighted by atomic mass is 16.5. The molecule has 2 saturated carbocycles. The number of ether oxygens (including phenoxy) is 1. The van der Waals surface area contributed by atoms with Gasteiger partial charge < -0.3 is 9.84 Å². The van der Waals surface area contributed by atoms with E-state index in [0.717, 1.165) is 25.4 Å². The first-order valence-corrected chi connectivity index (χ1v) is 7.94. The summed E-state index contributed by atoms with van der Waals surface area (Å²) in [5.74, 6) is 0.779. The molecule has 3 aliphatic rings. The Balaban J connectivity index is 1.70. The van der Waals surface area contributed by atoms with E-state index < -0.39 is 0 Å². The van der Waals surface area contributed by atoms with Crippen LogP contribution >= 0.6 is 0 Å². The molecule has 0 aromatic rings. The summed E-state index contributed by atoms with van der Waals surface area (Å²) in [5, 5.41) is 9.87. The summed E-state index contributed by atoms with van der Waals surface area (Å²) < 4.78 is 6.21. The SMILES string of the molecule is CC1(C2CCOC3(CCCCC3)C2)CCC(O)C1. The van der Waals surface area contributed by atoms with Crippen molar-refractivity contribution < 1.29 is 9.84 Å². The molecule has 3 rings (SSSR count). The van der Waals surface area contributed by atoms with Crippen LogP contribution in [0.25, 0.3) is 0 Å². The van der Waals surface area contributed by atoms with Gasteiger partial charge in [-0.25, -0.2) is 0 Å². The summed E-state index contributed by atoms with van der Waals surface area (Å²) in [6.45, 7) is 3.37. The molecule has 1 aliphatic heterocycles. The number of rotatable bonds is 1. The van der Waals surface area contributed by atoms with Crippen molar-refractivity contribution in [2.24, 2.45) is 11.3 Å². The Kier molecular flexibility index (Phi) is 3.44. The molecule has 3 atom stereocenters. The highest BCUT2D eigenvalue weighted by molar-refractivity contribution is 4.98. The fraction of sp³-hybridized carbons (Fsp3) is 1.00. The Morgan fingerprint density at radius 2 is 1.78 bits per heavy atom. The van der Waals surface area contributed by atoms with Gasteiger partial charge in [0.1, 0.15) is 0 Å². The van der Waals surface area contributed by atoms with Gasteiger partial charge in [-0.1, -0.05) is 26.2 Å². The quantitative estimate of drug-likeness (QED) is 0.771. The molecule has 2 nitrogen and oxygen atoms in total. The minimum absolute atomic E-state index is 0.0415. The summed E-state index contributed by atoms with van der Waals surface area (Å²) in [5.41, 5.74) is 0.603. The zero-order chi connectivity index (χ0) is 12.6. The molecule has 1 heterocycles. The van der Waals surface area contributed by atoms with E-state index in [1.807, 2.05) is 0 Å². The van der Waals surface area contributed by atoms with Crippen LogP contribution in [0.3, 0.4) is 0 Å². The number of aliphatic hydroxyl groups is 1. The van der Waals surface area contributed by atoms with Crippen LogP contribution in [0.15, 0.2) is 0 Å². The van der Waals surface area contributed by atoms with E-state index in [-0.39, 0.29) is 11.7 Å². The maximum absolute atomic E-state index is 9.87. The van der Waals surface area contributed by atoms with Gasteiger partial charge in [0.05, 0.1) is 11.7 Å². The van der Waals surface area contributed by atoms with Crippen molar-refractivity contribution in [1.82, 2.24) is 0 Å². The lowest BCUT2D eigenvalue weighted by molar-refractivity contribution is -0.135. The van der Waals surface area contributed by atoms with Crippen molar-refractivity contribution in [2.45, 2.75) is 82.8 Å². The van der Waals surface area contributed by atoms with Crippen molar-refractivity contribution >= 4 is 0 Å². The largest absolute Gasteiger partial charge is 0.393 e. The second kappa shape index (κ2) is 4.79. The molecule has 0 aromatic heterocycles. The molecule has 1 saturated heterocycles. The zero-order valence-corrected chi connectivity index (χ0v) is 11.8. The highest BCUT2D eigenvalue weighted by Gasteiger charge is 2.47. The van der Waals surface area contributed by atoms with Gasteiger partial charge in [-0.2, -0.15) is 0 Å². The molecule has 1 spiro atoms. The van der Waals surface area contributed by atoms with Crippen molar-refractivity contribution in [2.75, 3.05) is 6.61 Å². The maximum atomic E-state index is 9.87. The predicted octanol–water partition coefficient (Wildman–Crippen LogP) is 3.67. The number of hydrogen-bond donors (Lipinski definition) is 1. The third kappa shape index (κ3) is 2.34. The molecule has 0 amide bonds. The Morgan fingerprint density at radius 3 is 2.44 bits per heavy atom. The molecule has 2 aliphatic carbocycles. The van der Waals surface area contributed by atoms with Gasteiger partial charge in [-0.15, -0.1) is 0 Å². The topological polar surface area (TPSA) is 29.5 Å². The van der Waals surface area contributed by atoms with Gasteiger partial charge in [0.25, 0.3) is 0 Å². The summed E-state index contributed by atoms with van der Waals surface area (Å²) in [6, 6.07) is 0. The molecule has 1 N–H and O–H groups in total. The second-order valence-electron chi connectivity index (χ2n) is 7.33. The first kappa shape index (κ1) is 12.9. The van der Waals surface area contributed by atoms with Crippen LogP contribution in [0.2, 0.25) is 0 Å². The van der Waals surface area contributed by atoms with E-state index in [9.17, 15) is 5.11 Å². The van der Waals surface area contributed by atoms with Gasteiger partial charge in [0, 0.05) is 6.61 Å². The summed E-state index contributed by atoms with van der Waals surface area (Å²) >= 11 is 0. The normalized spacial score (nSPS) is 44.3. The number of aliphatic hydroxyl groups excluding tert-OH is 1. The number of hydrogen-bond acceptors (Lipinski definition) is 2. The van der Waals surface area contributed by atoms with Crippen LogP contribution in [0, 0.1) is 11.3 Å². The van der Waals surface area contributed by atoms with Crippen LogP contribution in [-0.4, -0.2) is 23.4 Å². The highest BCUT2D eigenvalue weighted by Crippen LogP contribution is 2.52. The third-order valence-electron chi connectivity index (χ3n) is 5.99. The van der Waals surface area contributed by atoms with Crippen LogP contribution < -0.4 is 0 Å². The van der Waals surface area contributed by atoms with Gasteiger partial charge in [0.15, 0.2) is 0 Å². The average Bonchev–Trinajstić information content (AvgIpc) is 2.72. The van der Waals surface area contributed by atoms with Gasteiger partial charge in [0.2, 0.25) is 0 Å². The van der Waals surface area contributed by atoms with Crippen LogP contribution in [0.1, 0.15) is 71.1 Å². The molecular weight excluding hydrogens is 224 g/mol. The molecule has 18 heavy (non-hydrogen) atoms. The molecule has 0 aromatic carbocycles. The van der Waals surface area contributed by atoms with Crippen molar-refractivity contribution in [3.05, 3.63) is 0 Å². The van der Waals surface area contributed by atoms with Crippen molar-refractivity contribution in [3.63, 3.8) is 0 Å².